The second kappa shape index (κ2) is 6.70. The fraction of sp³-hybridized carbons (Fsp3) is 0.579. The number of fused-ring (bicyclic) bond motifs is 1. The van der Waals surface area contributed by atoms with Crippen molar-refractivity contribution in [2.45, 2.75) is 58.3 Å². The van der Waals surface area contributed by atoms with Crippen LogP contribution in [0.5, 0.6) is 0 Å². The van der Waals surface area contributed by atoms with Crippen molar-refractivity contribution >= 4 is 5.91 Å². The van der Waals surface area contributed by atoms with Gasteiger partial charge < -0.3 is 9.88 Å². The Morgan fingerprint density at radius 2 is 2.00 bits per heavy atom. The molecule has 2 aromatic heterocycles. The minimum atomic E-state index is -0.330. The lowest BCUT2D eigenvalue weighted by Gasteiger charge is -2.20. The number of nitrogens with zero attached hydrogens (tertiary/aromatic N) is 3. The first-order chi connectivity index (χ1) is 12.5. The number of aryl methyl sites for hydroxylation is 2. The van der Waals surface area contributed by atoms with E-state index in [1.807, 2.05) is 18.7 Å². The molecule has 26 heavy (non-hydrogen) atoms. The highest BCUT2D eigenvalue weighted by atomic mass is 16.2. The van der Waals surface area contributed by atoms with Gasteiger partial charge in [0.1, 0.15) is 0 Å². The number of nitrogens with one attached hydrogen (secondary N) is 2. The number of aromatic nitrogens is 4. The van der Waals surface area contributed by atoms with E-state index in [9.17, 15) is 9.59 Å². The van der Waals surface area contributed by atoms with E-state index in [1.165, 1.54) is 29.8 Å². The summed E-state index contributed by atoms with van der Waals surface area (Å²) in [7, 11) is 0. The van der Waals surface area contributed by atoms with Crippen molar-refractivity contribution in [2.75, 3.05) is 13.1 Å². The molecule has 2 aromatic rings. The zero-order chi connectivity index (χ0) is 18.3. The minimum absolute atomic E-state index is 0.168. The summed E-state index contributed by atoms with van der Waals surface area (Å²) in [6, 6.07) is 0. The Morgan fingerprint density at radius 1 is 1.23 bits per heavy atom. The summed E-state index contributed by atoms with van der Waals surface area (Å²) in [6.07, 6.45) is 5.27. The van der Waals surface area contributed by atoms with E-state index in [1.54, 1.807) is 0 Å². The monoisotopic (exact) mass is 355 g/mol. The van der Waals surface area contributed by atoms with E-state index in [0.717, 1.165) is 37.2 Å². The molecule has 0 spiro atoms. The molecule has 2 N–H and O–H groups in total. The third-order valence-corrected chi connectivity index (χ3v) is 5.61. The van der Waals surface area contributed by atoms with Crippen LogP contribution in [0.1, 0.15) is 59.1 Å². The van der Waals surface area contributed by atoms with Crippen molar-refractivity contribution in [2.24, 2.45) is 0 Å². The van der Waals surface area contributed by atoms with Crippen LogP contribution in [-0.2, 0) is 24.1 Å². The zero-order valence-electron chi connectivity index (χ0n) is 15.4. The summed E-state index contributed by atoms with van der Waals surface area (Å²) < 4.78 is 0. The van der Waals surface area contributed by atoms with Gasteiger partial charge in [0.05, 0.1) is 5.69 Å². The van der Waals surface area contributed by atoms with Gasteiger partial charge in [0.2, 0.25) is 5.91 Å². The SMILES string of the molecule is Cc1nc(=O)[nH]c(C)c1CCC(=O)N1CCc2[nH]nc(C3CC3)c2CC1. The molecule has 1 aliphatic carbocycles. The minimum Gasteiger partial charge on any atom is -0.342 e. The summed E-state index contributed by atoms with van der Waals surface area (Å²) in [6.45, 7) is 5.18. The number of hydrogen-bond donors (Lipinski definition) is 2. The van der Waals surface area contributed by atoms with Gasteiger partial charge in [0, 0.05) is 48.9 Å². The lowest BCUT2D eigenvalue weighted by molar-refractivity contribution is -0.131. The Balaban J connectivity index is 1.39. The Bertz CT molecular complexity index is 868. The second-order valence-corrected chi connectivity index (χ2v) is 7.45. The molecule has 0 bridgehead atoms. The van der Waals surface area contributed by atoms with Gasteiger partial charge in [-0.3, -0.25) is 9.89 Å². The van der Waals surface area contributed by atoms with Crippen LogP contribution in [0.2, 0.25) is 0 Å². The lowest BCUT2D eigenvalue weighted by Crippen LogP contribution is -2.33. The Kier molecular flexibility index (Phi) is 4.38. The van der Waals surface area contributed by atoms with E-state index in [4.69, 9.17) is 0 Å². The molecular formula is C19H25N5O2. The number of carbonyl (C=O) groups is 1. The molecule has 7 nitrogen and oxygen atoms in total. The van der Waals surface area contributed by atoms with Gasteiger partial charge in [0.25, 0.3) is 0 Å². The van der Waals surface area contributed by atoms with Crippen molar-refractivity contribution in [1.29, 1.82) is 0 Å². The lowest BCUT2D eigenvalue weighted by atomic mass is 10.1. The number of rotatable bonds is 4. The fourth-order valence-electron chi connectivity index (χ4n) is 3.97. The van der Waals surface area contributed by atoms with Gasteiger partial charge in [-0.2, -0.15) is 10.1 Å². The van der Waals surface area contributed by atoms with Crippen LogP contribution in [0.4, 0.5) is 0 Å². The second-order valence-electron chi connectivity index (χ2n) is 7.45. The van der Waals surface area contributed by atoms with Crippen LogP contribution in [0.25, 0.3) is 0 Å². The molecule has 0 aromatic carbocycles. The molecule has 3 heterocycles. The van der Waals surface area contributed by atoms with Gasteiger partial charge in [-0.1, -0.05) is 0 Å². The number of aromatic amines is 2. The quantitative estimate of drug-likeness (QED) is 0.870. The number of H-pyrrole nitrogens is 2. The van der Waals surface area contributed by atoms with E-state index in [0.29, 0.717) is 24.5 Å². The average molecular weight is 355 g/mol. The molecule has 1 amide bonds. The number of hydrogen-bond acceptors (Lipinski definition) is 4. The molecule has 1 saturated carbocycles. The van der Waals surface area contributed by atoms with E-state index >= 15 is 0 Å². The summed E-state index contributed by atoms with van der Waals surface area (Å²) in [5.74, 6) is 0.803. The Labute approximate surface area is 152 Å². The third kappa shape index (κ3) is 3.30. The van der Waals surface area contributed by atoms with Gasteiger partial charge in [-0.25, -0.2) is 4.79 Å². The first kappa shape index (κ1) is 17.0. The predicted octanol–water partition coefficient (Wildman–Crippen LogP) is 1.55. The van der Waals surface area contributed by atoms with Crippen LogP contribution in [0.3, 0.4) is 0 Å². The van der Waals surface area contributed by atoms with Crippen LogP contribution < -0.4 is 5.69 Å². The van der Waals surface area contributed by atoms with Gasteiger partial charge in [0.15, 0.2) is 0 Å². The van der Waals surface area contributed by atoms with Crippen molar-refractivity contribution in [1.82, 2.24) is 25.1 Å². The maximum atomic E-state index is 12.7. The van der Waals surface area contributed by atoms with E-state index in [2.05, 4.69) is 20.2 Å². The molecule has 0 radical (unpaired) electrons. The molecule has 0 saturated heterocycles. The van der Waals surface area contributed by atoms with Gasteiger partial charge in [-0.05, 0) is 50.7 Å². The topological polar surface area (TPSA) is 94.7 Å². The highest BCUT2D eigenvalue weighted by Crippen LogP contribution is 2.41. The smallest absolute Gasteiger partial charge is 0.342 e. The average Bonchev–Trinajstić information content (AvgIpc) is 3.38. The van der Waals surface area contributed by atoms with E-state index < -0.39 is 0 Å². The predicted molar refractivity (Wildman–Crippen MR) is 97.2 cm³/mol. The molecule has 1 fully saturated rings. The van der Waals surface area contributed by atoms with Crippen molar-refractivity contribution in [3.8, 4) is 0 Å². The molecule has 0 unspecified atom stereocenters. The van der Waals surface area contributed by atoms with Crippen LogP contribution in [-0.4, -0.2) is 44.1 Å². The maximum absolute atomic E-state index is 12.7. The molecule has 1 aliphatic heterocycles. The standard InChI is InChI=1S/C19H25N5O2/c1-11-14(12(2)21-19(26)20-11)5-6-17(25)24-9-7-15-16(8-10-24)22-23-18(15)13-3-4-13/h13H,3-10H2,1-2H3,(H,22,23)(H,20,21,26). The molecule has 7 heteroatoms. The van der Waals surface area contributed by atoms with Crippen molar-refractivity contribution in [3.05, 3.63) is 44.4 Å². The summed E-state index contributed by atoms with van der Waals surface area (Å²) in [5, 5.41) is 7.70. The Morgan fingerprint density at radius 3 is 2.73 bits per heavy atom. The van der Waals surface area contributed by atoms with Crippen molar-refractivity contribution in [3.63, 3.8) is 0 Å². The fourth-order valence-corrected chi connectivity index (χ4v) is 3.97. The number of carbonyl (C=O) groups excluding carboxylic acids is 1. The molecule has 2 aliphatic rings. The van der Waals surface area contributed by atoms with Crippen LogP contribution >= 0.6 is 0 Å². The molecule has 138 valence electrons. The zero-order valence-corrected chi connectivity index (χ0v) is 15.4. The maximum Gasteiger partial charge on any atom is 0.345 e. The Hall–Kier alpha value is -2.44. The normalized spacial score (nSPS) is 17.1. The number of amides is 1. The summed E-state index contributed by atoms with van der Waals surface area (Å²) in [4.78, 5) is 32.8. The summed E-state index contributed by atoms with van der Waals surface area (Å²) in [5.41, 5.74) is 5.95. The van der Waals surface area contributed by atoms with Gasteiger partial charge >= 0.3 is 5.69 Å². The molecule has 4 rings (SSSR count). The molecule has 0 atom stereocenters. The van der Waals surface area contributed by atoms with Crippen molar-refractivity contribution < 1.29 is 4.79 Å². The first-order valence-corrected chi connectivity index (χ1v) is 9.43. The van der Waals surface area contributed by atoms with E-state index in [-0.39, 0.29) is 11.6 Å². The highest BCUT2D eigenvalue weighted by molar-refractivity contribution is 5.76. The third-order valence-electron chi connectivity index (χ3n) is 5.61. The van der Waals surface area contributed by atoms with Gasteiger partial charge in [-0.15, -0.1) is 0 Å². The highest BCUT2D eigenvalue weighted by Gasteiger charge is 2.31. The largest absolute Gasteiger partial charge is 0.345 e. The first-order valence-electron chi connectivity index (χ1n) is 9.43. The summed E-state index contributed by atoms with van der Waals surface area (Å²) >= 11 is 0. The van der Waals surface area contributed by atoms with Crippen LogP contribution in [0, 0.1) is 13.8 Å². The van der Waals surface area contributed by atoms with Crippen LogP contribution in [0.15, 0.2) is 4.79 Å². The molecular weight excluding hydrogens is 330 g/mol.